The number of carbonyl (C=O) groups excluding carboxylic acids is 1. The molecule has 2 aromatic heterocycles. The van der Waals surface area contributed by atoms with Crippen LogP contribution in [0.2, 0.25) is 0 Å². The number of thioether (sulfide) groups is 1. The van der Waals surface area contributed by atoms with Crippen molar-refractivity contribution < 1.29 is 9.18 Å². The van der Waals surface area contributed by atoms with Gasteiger partial charge in [0.05, 0.1) is 11.9 Å². The minimum Gasteiger partial charge on any atom is -0.325 e. The number of rotatable bonds is 8. The molecule has 0 atom stereocenters. The molecule has 0 fully saturated rings. The van der Waals surface area contributed by atoms with Crippen molar-refractivity contribution in [2.75, 3.05) is 5.75 Å². The number of hydrogen-bond donors (Lipinski definition) is 1. The SMILES string of the molecule is C=C/C=C(\C=C/C)NC(=O)CSc1nnc(-c2cncc(F)c2)n1CC. The van der Waals surface area contributed by atoms with E-state index in [4.69, 9.17) is 0 Å². The number of hydrogen-bond acceptors (Lipinski definition) is 5. The van der Waals surface area contributed by atoms with Crippen molar-refractivity contribution in [1.82, 2.24) is 25.1 Å². The van der Waals surface area contributed by atoms with Gasteiger partial charge in [-0.25, -0.2) is 4.39 Å². The van der Waals surface area contributed by atoms with Crippen LogP contribution in [0.25, 0.3) is 11.4 Å². The van der Waals surface area contributed by atoms with Crippen molar-refractivity contribution in [3.63, 3.8) is 0 Å². The monoisotopic (exact) mass is 373 g/mol. The summed E-state index contributed by atoms with van der Waals surface area (Å²) in [4.78, 5) is 16.0. The molecule has 0 spiro atoms. The fourth-order valence-electron chi connectivity index (χ4n) is 2.20. The van der Waals surface area contributed by atoms with Crippen LogP contribution in [0.3, 0.4) is 0 Å². The average Bonchev–Trinajstić information content (AvgIpc) is 3.03. The molecule has 0 radical (unpaired) electrons. The van der Waals surface area contributed by atoms with E-state index in [1.807, 2.05) is 24.5 Å². The summed E-state index contributed by atoms with van der Waals surface area (Å²) in [6.45, 7) is 8.01. The van der Waals surface area contributed by atoms with Crippen LogP contribution >= 0.6 is 11.8 Å². The van der Waals surface area contributed by atoms with Gasteiger partial charge in [0.1, 0.15) is 5.82 Å². The standard InChI is InChI=1S/C18H20FN5OS/c1-4-7-15(8-5-2)21-16(25)12-26-18-23-22-17(24(18)6-3)13-9-14(19)11-20-10-13/h4-5,7-11H,1,6,12H2,2-3H3,(H,21,25)/b8-5-,15-7+. The second kappa shape index (κ2) is 9.67. The summed E-state index contributed by atoms with van der Waals surface area (Å²) in [5.74, 6) is 0.0857. The van der Waals surface area contributed by atoms with Gasteiger partial charge in [-0.2, -0.15) is 0 Å². The predicted molar refractivity (Wildman–Crippen MR) is 101 cm³/mol. The lowest BCUT2D eigenvalue weighted by atomic mass is 10.2. The first kappa shape index (κ1) is 19.6. The van der Waals surface area contributed by atoms with Crippen LogP contribution < -0.4 is 5.32 Å². The maximum absolute atomic E-state index is 13.4. The number of halogens is 1. The lowest BCUT2D eigenvalue weighted by Gasteiger charge is -2.08. The first-order valence-corrected chi connectivity index (χ1v) is 8.99. The van der Waals surface area contributed by atoms with Crippen molar-refractivity contribution in [1.29, 1.82) is 0 Å². The Hall–Kier alpha value is -2.74. The molecule has 0 aromatic carbocycles. The Bertz CT molecular complexity index is 844. The zero-order valence-corrected chi connectivity index (χ0v) is 15.5. The third kappa shape index (κ3) is 5.13. The van der Waals surface area contributed by atoms with Crippen molar-refractivity contribution in [3.05, 3.63) is 60.9 Å². The third-order valence-electron chi connectivity index (χ3n) is 3.26. The Morgan fingerprint density at radius 3 is 2.88 bits per heavy atom. The van der Waals surface area contributed by atoms with Crippen molar-refractivity contribution in [2.45, 2.75) is 25.5 Å². The Morgan fingerprint density at radius 1 is 1.42 bits per heavy atom. The Balaban J connectivity index is 2.10. The van der Waals surface area contributed by atoms with E-state index in [2.05, 4.69) is 27.1 Å². The Morgan fingerprint density at radius 2 is 2.23 bits per heavy atom. The molecule has 0 aliphatic rings. The van der Waals surface area contributed by atoms with E-state index >= 15 is 0 Å². The van der Waals surface area contributed by atoms with Crippen molar-refractivity contribution >= 4 is 17.7 Å². The largest absolute Gasteiger partial charge is 0.325 e. The van der Waals surface area contributed by atoms with Crippen LogP contribution in [0.5, 0.6) is 0 Å². The third-order valence-corrected chi connectivity index (χ3v) is 4.22. The molecule has 0 aliphatic carbocycles. The molecule has 26 heavy (non-hydrogen) atoms. The molecule has 8 heteroatoms. The fraction of sp³-hybridized carbons (Fsp3) is 0.222. The van der Waals surface area contributed by atoms with E-state index < -0.39 is 5.82 Å². The molecule has 2 heterocycles. The van der Waals surface area contributed by atoms with Crippen LogP contribution in [-0.2, 0) is 11.3 Å². The van der Waals surface area contributed by atoms with Gasteiger partial charge in [-0.1, -0.05) is 30.5 Å². The van der Waals surface area contributed by atoms with Gasteiger partial charge in [0.15, 0.2) is 11.0 Å². The lowest BCUT2D eigenvalue weighted by Crippen LogP contribution is -2.23. The molecule has 1 amide bonds. The number of aromatic nitrogens is 4. The molecule has 0 aliphatic heterocycles. The predicted octanol–water partition coefficient (Wildman–Crippen LogP) is 3.35. The zero-order valence-electron chi connectivity index (χ0n) is 14.6. The first-order valence-electron chi connectivity index (χ1n) is 8.01. The Labute approximate surface area is 155 Å². The average molecular weight is 373 g/mol. The maximum Gasteiger partial charge on any atom is 0.234 e. The molecule has 2 aromatic rings. The summed E-state index contributed by atoms with van der Waals surface area (Å²) in [7, 11) is 0. The first-order chi connectivity index (χ1) is 12.6. The van der Waals surface area contributed by atoms with Gasteiger partial charge in [-0.05, 0) is 32.1 Å². The molecule has 136 valence electrons. The van der Waals surface area contributed by atoms with Crippen molar-refractivity contribution in [2.24, 2.45) is 0 Å². The van der Waals surface area contributed by atoms with Gasteiger partial charge in [0, 0.05) is 24.0 Å². The minimum atomic E-state index is -0.438. The highest BCUT2D eigenvalue weighted by molar-refractivity contribution is 7.99. The minimum absolute atomic E-state index is 0.166. The molecule has 2 rings (SSSR count). The number of amides is 1. The number of pyridine rings is 1. The quantitative estimate of drug-likeness (QED) is 0.567. The van der Waals surface area contributed by atoms with Crippen molar-refractivity contribution in [3.8, 4) is 11.4 Å². The summed E-state index contributed by atoms with van der Waals surface area (Å²) < 4.78 is 15.2. The number of allylic oxidation sites excluding steroid dienone is 4. The van der Waals surface area contributed by atoms with Crippen LogP contribution in [-0.4, -0.2) is 31.4 Å². The highest BCUT2D eigenvalue weighted by atomic mass is 32.2. The van der Waals surface area contributed by atoms with Gasteiger partial charge in [-0.15, -0.1) is 10.2 Å². The number of nitrogens with one attached hydrogen (secondary N) is 1. The van der Waals surface area contributed by atoms with Gasteiger partial charge >= 0.3 is 0 Å². The summed E-state index contributed by atoms with van der Waals surface area (Å²) in [6.07, 6.45) is 9.60. The fourth-order valence-corrected chi connectivity index (χ4v) is 3.00. The van der Waals surface area contributed by atoms with Gasteiger partial charge < -0.3 is 9.88 Å². The van der Waals surface area contributed by atoms with Crippen LogP contribution in [0.4, 0.5) is 4.39 Å². The van der Waals surface area contributed by atoms with Crippen LogP contribution in [0, 0.1) is 5.82 Å². The van der Waals surface area contributed by atoms with E-state index in [9.17, 15) is 9.18 Å². The summed E-state index contributed by atoms with van der Waals surface area (Å²) in [6, 6.07) is 1.35. The normalized spacial score (nSPS) is 11.7. The summed E-state index contributed by atoms with van der Waals surface area (Å²) >= 11 is 1.26. The van der Waals surface area contributed by atoms with Crippen LogP contribution in [0.1, 0.15) is 13.8 Å². The molecular formula is C18H20FN5OS. The smallest absolute Gasteiger partial charge is 0.234 e. The highest BCUT2D eigenvalue weighted by Gasteiger charge is 2.15. The summed E-state index contributed by atoms with van der Waals surface area (Å²) in [5.41, 5.74) is 1.21. The molecule has 1 N–H and O–H groups in total. The topological polar surface area (TPSA) is 72.7 Å². The zero-order chi connectivity index (χ0) is 18.9. The number of nitrogens with zero attached hydrogens (tertiary/aromatic N) is 4. The van der Waals surface area contributed by atoms with E-state index in [1.54, 1.807) is 18.2 Å². The molecule has 0 unspecified atom stereocenters. The van der Waals surface area contributed by atoms with Crippen LogP contribution in [0.15, 0.2) is 60.2 Å². The highest BCUT2D eigenvalue weighted by Crippen LogP contribution is 2.23. The second-order valence-electron chi connectivity index (χ2n) is 5.14. The molecule has 0 bridgehead atoms. The van der Waals surface area contributed by atoms with Gasteiger partial charge in [0.2, 0.25) is 5.91 Å². The van der Waals surface area contributed by atoms with Gasteiger partial charge in [0.25, 0.3) is 0 Å². The molecule has 0 saturated carbocycles. The van der Waals surface area contributed by atoms with E-state index in [-0.39, 0.29) is 11.7 Å². The van der Waals surface area contributed by atoms with E-state index in [1.165, 1.54) is 24.0 Å². The van der Waals surface area contributed by atoms with E-state index in [0.29, 0.717) is 28.8 Å². The lowest BCUT2D eigenvalue weighted by molar-refractivity contribution is -0.117. The summed E-state index contributed by atoms with van der Waals surface area (Å²) in [5, 5.41) is 11.6. The van der Waals surface area contributed by atoms with Gasteiger partial charge in [-0.3, -0.25) is 9.78 Å². The molecule has 6 nitrogen and oxygen atoms in total. The molecular weight excluding hydrogens is 353 g/mol. The second-order valence-corrected chi connectivity index (χ2v) is 6.08. The maximum atomic E-state index is 13.4. The number of carbonyl (C=O) groups is 1. The Kier molecular flexibility index (Phi) is 7.28. The van der Waals surface area contributed by atoms with E-state index in [0.717, 1.165) is 6.20 Å². The molecule has 0 saturated heterocycles.